The number of hydrogen-bond acceptors (Lipinski definition) is 4. The Morgan fingerprint density at radius 2 is 2.25 bits per heavy atom. The number of amides is 1. The highest BCUT2D eigenvalue weighted by atomic mass is 35.5. The summed E-state index contributed by atoms with van der Waals surface area (Å²) in [7, 11) is 0. The Hall–Kier alpha value is -2.47. The summed E-state index contributed by atoms with van der Waals surface area (Å²) in [4.78, 5) is 18.2. The smallest absolute Gasteiger partial charge is 0.274 e. The van der Waals surface area contributed by atoms with Crippen molar-refractivity contribution in [1.29, 1.82) is 0 Å². The number of anilines is 1. The summed E-state index contributed by atoms with van der Waals surface area (Å²) in [5.74, 6) is -0.580. The molecule has 28 heavy (non-hydrogen) atoms. The predicted molar refractivity (Wildman–Crippen MR) is 111 cm³/mol. The first-order chi connectivity index (χ1) is 13.2. The second-order valence-electron chi connectivity index (χ2n) is 7.64. The molecule has 1 aliphatic rings. The second kappa shape index (κ2) is 7.87. The minimum atomic E-state index is -0.500. The van der Waals surface area contributed by atoms with Gasteiger partial charge in [-0.05, 0) is 62.9 Å². The molecule has 3 rings (SSSR count). The highest BCUT2D eigenvalue weighted by Gasteiger charge is 2.36. The van der Waals surface area contributed by atoms with E-state index in [9.17, 15) is 9.18 Å². The zero-order valence-electron chi connectivity index (χ0n) is 16.5. The molecule has 148 valence electrons. The van der Waals surface area contributed by atoms with E-state index in [1.807, 2.05) is 6.07 Å². The van der Waals surface area contributed by atoms with Gasteiger partial charge in [0.25, 0.3) is 5.91 Å². The van der Waals surface area contributed by atoms with E-state index in [4.69, 9.17) is 11.6 Å². The number of hydrazone groups is 1. The lowest BCUT2D eigenvalue weighted by atomic mass is 9.79. The van der Waals surface area contributed by atoms with Gasteiger partial charge in [-0.1, -0.05) is 18.5 Å². The third kappa shape index (κ3) is 3.87. The Morgan fingerprint density at radius 1 is 1.50 bits per heavy atom. The summed E-state index contributed by atoms with van der Waals surface area (Å²) in [6.45, 7) is 9.40. The van der Waals surface area contributed by atoms with Crippen LogP contribution < -0.4 is 10.3 Å². The molecule has 1 atom stereocenters. The van der Waals surface area contributed by atoms with Gasteiger partial charge in [0.15, 0.2) is 0 Å². The Balaban J connectivity index is 1.84. The van der Waals surface area contributed by atoms with E-state index in [0.717, 1.165) is 24.2 Å². The topological polar surface area (TPSA) is 57.6 Å². The van der Waals surface area contributed by atoms with Crippen LogP contribution in [0.3, 0.4) is 0 Å². The van der Waals surface area contributed by atoms with Crippen molar-refractivity contribution in [2.45, 2.75) is 45.6 Å². The number of nitrogens with zero attached hydrogens (tertiary/aromatic N) is 3. The molecule has 1 aromatic heterocycles. The maximum absolute atomic E-state index is 14.7. The minimum Gasteiger partial charge on any atom is -0.366 e. The number of aromatic nitrogens is 1. The molecule has 7 heteroatoms. The molecule has 2 heterocycles. The predicted octanol–water partition coefficient (Wildman–Crippen LogP) is 4.75. The van der Waals surface area contributed by atoms with Crippen LogP contribution in [-0.4, -0.2) is 29.2 Å². The third-order valence-corrected chi connectivity index (χ3v) is 5.49. The fourth-order valence-corrected chi connectivity index (χ4v) is 4.20. The summed E-state index contributed by atoms with van der Waals surface area (Å²) in [5.41, 5.74) is 4.90. The number of halogens is 2. The lowest BCUT2D eigenvalue weighted by Crippen LogP contribution is -2.48. The molecule has 1 amide bonds. The minimum absolute atomic E-state index is 0.0276. The number of benzene rings is 1. The van der Waals surface area contributed by atoms with Crippen LogP contribution in [0, 0.1) is 5.82 Å². The molecule has 0 saturated heterocycles. The zero-order chi connectivity index (χ0) is 20.5. The van der Waals surface area contributed by atoms with Gasteiger partial charge in [-0.2, -0.15) is 5.10 Å². The fourth-order valence-electron chi connectivity index (χ4n) is 3.99. The SMILES string of the molecule is CCN1c2cc(F)c(/C=N\NC(=O)c3cccnc3Cl)cc2C(C)CC1(C)C. The van der Waals surface area contributed by atoms with Crippen LogP contribution in [0.4, 0.5) is 10.1 Å². The molecular formula is C21H24ClFN4O. The molecular weight excluding hydrogens is 379 g/mol. The molecule has 5 nitrogen and oxygen atoms in total. The summed E-state index contributed by atoms with van der Waals surface area (Å²) in [5, 5.41) is 3.99. The maximum atomic E-state index is 14.7. The standard InChI is InChI=1S/C21H24ClFN4O/c1-5-27-18-10-17(23)14(9-16(18)13(2)11-21(27,3)4)12-25-26-20(28)15-7-6-8-24-19(15)22/h6-10,12-13H,5,11H2,1-4H3,(H,26,28)/b25-12-. The summed E-state index contributed by atoms with van der Waals surface area (Å²) in [6.07, 6.45) is 3.79. The van der Waals surface area contributed by atoms with Crippen LogP contribution in [-0.2, 0) is 0 Å². The molecule has 0 bridgehead atoms. The highest BCUT2D eigenvalue weighted by Crippen LogP contribution is 2.43. The van der Waals surface area contributed by atoms with E-state index in [2.05, 4.69) is 48.1 Å². The molecule has 0 radical (unpaired) electrons. The zero-order valence-corrected chi connectivity index (χ0v) is 17.2. The molecule has 2 aromatic rings. The van der Waals surface area contributed by atoms with Gasteiger partial charge >= 0.3 is 0 Å². The van der Waals surface area contributed by atoms with Crippen molar-refractivity contribution in [2.75, 3.05) is 11.4 Å². The number of pyridine rings is 1. The Kier molecular flexibility index (Phi) is 5.70. The monoisotopic (exact) mass is 402 g/mol. The van der Waals surface area contributed by atoms with E-state index in [0.29, 0.717) is 11.5 Å². The molecule has 0 fully saturated rings. The quantitative estimate of drug-likeness (QED) is 0.456. The third-order valence-electron chi connectivity index (χ3n) is 5.19. The van der Waals surface area contributed by atoms with Gasteiger partial charge in [-0.25, -0.2) is 14.8 Å². The molecule has 0 saturated carbocycles. The van der Waals surface area contributed by atoms with Gasteiger partial charge in [-0.3, -0.25) is 4.79 Å². The van der Waals surface area contributed by atoms with Gasteiger partial charge in [0.05, 0.1) is 11.8 Å². The van der Waals surface area contributed by atoms with Crippen molar-refractivity contribution >= 4 is 29.4 Å². The number of carbonyl (C=O) groups is 1. The Bertz CT molecular complexity index is 929. The molecule has 1 unspecified atom stereocenters. The summed E-state index contributed by atoms with van der Waals surface area (Å²) in [6, 6.07) is 6.54. The highest BCUT2D eigenvalue weighted by molar-refractivity contribution is 6.32. The van der Waals surface area contributed by atoms with Gasteiger partial charge in [0.1, 0.15) is 11.0 Å². The lowest BCUT2D eigenvalue weighted by molar-refractivity contribution is 0.0955. The van der Waals surface area contributed by atoms with E-state index >= 15 is 0 Å². The van der Waals surface area contributed by atoms with E-state index in [1.165, 1.54) is 12.4 Å². The van der Waals surface area contributed by atoms with Gasteiger partial charge in [0, 0.05) is 29.5 Å². The first-order valence-electron chi connectivity index (χ1n) is 9.29. The molecule has 1 aliphatic heterocycles. The first kappa shape index (κ1) is 20.3. The molecule has 0 spiro atoms. The number of hydrogen-bond donors (Lipinski definition) is 1. The van der Waals surface area contributed by atoms with Crippen LogP contribution in [0.5, 0.6) is 0 Å². The summed E-state index contributed by atoms with van der Waals surface area (Å²) >= 11 is 5.90. The average Bonchev–Trinajstić information content (AvgIpc) is 2.62. The first-order valence-corrected chi connectivity index (χ1v) is 9.67. The van der Waals surface area contributed by atoms with Crippen molar-refractivity contribution in [1.82, 2.24) is 10.4 Å². The number of fused-ring (bicyclic) bond motifs is 1. The van der Waals surface area contributed by atoms with Gasteiger partial charge in [-0.15, -0.1) is 0 Å². The summed E-state index contributed by atoms with van der Waals surface area (Å²) < 4.78 is 14.7. The maximum Gasteiger partial charge on any atom is 0.274 e. The number of nitrogens with one attached hydrogen (secondary N) is 1. The molecule has 0 aliphatic carbocycles. The van der Waals surface area contributed by atoms with Crippen molar-refractivity contribution in [3.05, 3.63) is 58.1 Å². The molecule has 1 N–H and O–H groups in total. The van der Waals surface area contributed by atoms with Crippen molar-refractivity contribution in [3.8, 4) is 0 Å². The van der Waals surface area contributed by atoms with Gasteiger partial charge < -0.3 is 4.90 Å². The Labute approximate surface area is 169 Å². The average molecular weight is 403 g/mol. The van der Waals surface area contributed by atoms with E-state index < -0.39 is 5.91 Å². The van der Waals surface area contributed by atoms with Crippen LogP contribution in [0.1, 0.15) is 61.5 Å². The normalized spacial score (nSPS) is 18.2. The second-order valence-corrected chi connectivity index (χ2v) is 7.99. The largest absolute Gasteiger partial charge is 0.366 e. The van der Waals surface area contributed by atoms with E-state index in [1.54, 1.807) is 18.2 Å². The van der Waals surface area contributed by atoms with Crippen LogP contribution in [0.15, 0.2) is 35.6 Å². The number of carbonyl (C=O) groups excluding carboxylic acids is 1. The van der Waals surface area contributed by atoms with Crippen molar-refractivity contribution < 1.29 is 9.18 Å². The van der Waals surface area contributed by atoms with Crippen molar-refractivity contribution in [3.63, 3.8) is 0 Å². The van der Waals surface area contributed by atoms with Gasteiger partial charge in [0.2, 0.25) is 0 Å². The van der Waals surface area contributed by atoms with Crippen LogP contribution >= 0.6 is 11.6 Å². The molecule has 1 aromatic carbocycles. The fraction of sp³-hybridized carbons (Fsp3) is 0.381. The lowest BCUT2D eigenvalue weighted by Gasteiger charge is -2.47. The van der Waals surface area contributed by atoms with Crippen LogP contribution in [0.2, 0.25) is 5.15 Å². The van der Waals surface area contributed by atoms with E-state index in [-0.39, 0.29) is 22.1 Å². The Morgan fingerprint density at radius 3 is 2.93 bits per heavy atom. The van der Waals surface area contributed by atoms with Crippen LogP contribution in [0.25, 0.3) is 0 Å². The van der Waals surface area contributed by atoms with Crippen molar-refractivity contribution in [2.24, 2.45) is 5.10 Å². The number of rotatable bonds is 4.